The Kier molecular flexibility index (Phi) is 2.53. The van der Waals surface area contributed by atoms with E-state index in [1.54, 1.807) is 0 Å². The van der Waals surface area contributed by atoms with Crippen LogP contribution in [0.3, 0.4) is 0 Å². The molecule has 0 saturated carbocycles. The van der Waals surface area contributed by atoms with Crippen LogP contribution in [-0.4, -0.2) is 31.3 Å². The molecule has 0 amide bonds. The molecular formula is C8H4ClFN4O2. The summed E-state index contributed by atoms with van der Waals surface area (Å²) in [5.41, 5.74) is 0.325. The van der Waals surface area contributed by atoms with Crippen LogP contribution >= 0.6 is 11.6 Å². The average molecular weight is 243 g/mol. The Labute approximate surface area is 93.3 Å². The zero-order valence-electron chi connectivity index (χ0n) is 7.63. The summed E-state index contributed by atoms with van der Waals surface area (Å²) in [6.07, 6.45) is 0. The molecule has 16 heavy (non-hydrogen) atoms. The molecule has 0 spiro atoms. The fourth-order valence-electron chi connectivity index (χ4n) is 1.02. The molecule has 0 saturated heterocycles. The molecule has 82 valence electrons. The van der Waals surface area contributed by atoms with E-state index in [-0.39, 0.29) is 5.02 Å². The standard InChI is InChI=1S/C8H4ClFN4O2/c9-5-3-4(1-2-6(5)10)14-12-7(8(15)16)11-13-14/h1-3H,(H,15,16). The molecule has 8 heteroatoms. The minimum Gasteiger partial charge on any atom is -0.475 e. The molecule has 0 radical (unpaired) electrons. The van der Waals surface area contributed by atoms with E-state index in [2.05, 4.69) is 15.4 Å². The van der Waals surface area contributed by atoms with Crippen LogP contribution < -0.4 is 0 Å². The second-order valence-corrected chi connectivity index (χ2v) is 3.21. The van der Waals surface area contributed by atoms with Crippen molar-refractivity contribution in [3.05, 3.63) is 34.9 Å². The first-order chi connectivity index (χ1) is 7.58. The number of hydrogen-bond donors (Lipinski definition) is 1. The van der Waals surface area contributed by atoms with Gasteiger partial charge in [0.25, 0.3) is 5.82 Å². The Hall–Kier alpha value is -2.02. The van der Waals surface area contributed by atoms with Crippen molar-refractivity contribution in [2.45, 2.75) is 0 Å². The van der Waals surface area contributed by atoms with E-state index in [1.165, 1.54) is 12.1 Å². The van der Waals surface area contributed by atoms with E-state index < -0.39 is 17.6 Å². The first kappa shape index (κ1) is 10.5. The van der Waals surface area contributed by atoms with E-state index in [9.17, 15) is 9.18 Å². The van der Waals surface area contributed by atoms with Crippen molar-refractivity contribution >= 4 is 17.6 Å². The smallest absolute Gasteiger partial charge is 0.377 e. The quantitative estimate of drug-likeness (QED) is 0.854. The second kappa shape index (κ2) is 3.86. The Morgan fingerprint density at radius 2 is 2.25 bits per heavy atom. The van der Waals surface area contributed by atoms with Crippen LogP contribution in [0.25, 0.3) is 5.69 Å². The number of benzene rings is 1. The first-order valence-corrected chi connectivity index (χ1v) is 4.44. The molecule has 1 aromatic heterocycles. The van der Waals surface area contributed by atoms with Crippen molar-refractivity contribution in [1.29, 1.82) is 0 Å². The third-order valence-electron chi connectivity index (χ3n) is 1.74. The third-order valence-corrected chi connectivity index (χ3v) is 2.03. The number of carbonyl (C=O) groups is 1. The molecule has 0 fully saturated rings. The maximum absolute atomic E-state index is 12.9. The van der Waals surface area contributed by atoms with Crippen molar-refractivity contribution in [3.63, 3.8) is 0 Å². The van der Waals surface area contributed by atoms with Crippen LogP contribution in [0.2, 0.25) is 5.02 Å². The van der Waals surface area contributed by atoms with Crippen LogP contribution in [0, 0.1) is 5.82 Å². The molecule has 2 aromatic rings. The predicted molar refractivity (Wildman–Crippen MR) is 51.1 cm³/mol. The number of carboxylic acid groups (broad SMARTS) is 1. The van der Waals surface area contributed by atoms with Gasteiger partial charge < -0.3 is 5.11 Å². The first-order valence-electron chi connectivity index (χ1n) is 4.06. The van der Waals surface area contributed by atoms with E-state index in [0.717, 1.165) is 10.9 Å². The van der Waals surface area contributed by atoms with E-state index in [4.69, 9.17) is 16.7 Å². The van der Waals surface area contributed by atoms with Gasteiger partial charge in [-0.3, -0.25) is 0 Å². The molecule has 0 atom stereocenters. The summed E-state index contributed by atoms with van der Waals surface area (Å²) in [5, 5.41) is 18.8. The SMILES string of the molecule is O=C(O)c1nnn(-c2ccc(F)c(Cl)c2)n1. The highest BCUT2D eigenvalue weighted by Gasteiger charge is 2.12. The lowest BCUT2D eigenvalue weighted by Gasteiger charge is -1.98. The Balaban J connectivity index is 2.42. The number of halogens is 2. The predicted octanol–water partition coefficient (Wildman–Crippen LogP) is 1.15. The van der Waals surface area contributed by atoms with Gasteiger partial charge in [0.05, 0.1) is 10.7 Å². The summed E-state index contributed by atoms with van der Waals surface area (Å²) >= 11 is 5.55. The second-order valence-electron chi connectivity index (χ2n) is 2.81. The number of hydrogen-bond acceptors (Lipinski definition) is 4. The van der Waals surface area contributed by atoms with Crippen molar-refractivity contribution in [1.82, 2.24) is 20.2 Å². The molecule has 1 N–H and O–H groups in total. The highest BCUT2D eigenvalue weighted by molar-refractivity contribution is 6.30. The average Bonchev–Trinajstić information content (AvgIpc) is 2.71. The van der Waals surface area contributed by atoms with E-state index in [1.807, 2.05) is 0 Å². The van der Waals surface area contributed by atoms with Crippen LogP contribution in [0.5, 0.6) is 0 Å². The molecule has 0 aliphatic rings. The van der Waals surface area contributed by atoms with Crippen molar-refractivity contribution in [3.8, 4) is 5.69 Å². The molecule has 0 aliphatic carbocycles. The largest absolute Gasteiger partial charge is 0.475 e. The highest BCUT2D eigenvalue weighted by Crippen LogP contribution is 2.17. The van der Waals surface area contributed by atoms with Gasteiger partial charge >= 0.3 is 5.97 Å². The summed E-state index contributed by atoms with van der Waals surface area (Å²) in [6.45, 7) is 0. The summed E-state index contributed by atoms with van der Waals surface area (Å²) in [6, 6.07) is 3.75. The summed E-state index contributed by atoms with van der Waals surface area (Å²) in [4.78, 5) is 11.5. The molecule has 0 aliphatic heterocycles. The lowest BCUT2D eigenvalue weighted by molar-refractivity contribution is 0.0683. The molecule has 0 unspecified atom stereocenters. The number of aromatic nitrogens is 4. The normalized spacial score (nSPS) is 10.4. The van der Waals surface area contributed by atoms with Crippen molar-refractivity contribution in [2.24, 2.45) is 0 Å². The molecule has 2 rings (SSSR count). The maximum Gasteiger partial charge on any atom is 0.377 e. The van der Waals surface area contributed by atoms with Gasteiger partial charge in [0.15, 0.2) is 0 Å². The van der Waals surface area contributed by atoms with E-state index in [0.29, 0.717) is 5.69 Å². The van der Waals surface area contributed by atoms with Crippen molar-refractivity contribution in [2.75, 3.05) is 0 Å². The minimum atomic E-state index is -1.29. The topological polar surface area (TPSA) is 80.9 Å². The highest BCUT2D eigenvalue weighted by atomic mass is 35.5. The Morgan fingerprint density at radius 1 is 1.50 bits per heavy atom. The molecule has 1 aromatic carbocycles. The molecular weight excluding hydrogens is 239 g/mol. The van der Waals surface area contributed by atoms with Crippen LogP contribution in [0.1, 0.15) is 10.6 Å². The van der Waals surface area contributed by atoms with Gasteiger partial charge in [-0.05, 0) is 23.4 Å². The monoisotopic (exact) mass is 242 g/mol. The summed E-state index contributed by atoms with van der Waals surface area (Å²) in [5.74, 6) is -2.32. The molecule has 0 bridgehead atoms. The fraction of sp³-hybridized carbons (Fsp3) is 0. The Bertz CT molecular complexity index is 557. The maximum atomic E-state index is 12.9. The number of tetrazole rings is 1. The number of carboxylic acids is 1. The van der Waals surface area contributed by atoms with Gasteiger partial charge in [-0.1, -0.05) is 11.6 Å². The number of nitrogens with zero attached hydrogens (tertiary/aromatic N) is 4. The lowest BCUT2D eigenvalue weighted by Crippen LogP contribution is -2.02. The van der Waals surface area contributed by atoms with Gasteiger partial charge in [-0.15, -0.1) is 15.0 Å². The molecule has 6 nitrogen and oxygen atoms in total. The van der Waals surface area contributed by atoms with E-state index >= 15 is 0 Å². The van der Waals surface area contributed by atoms with Crippen molar-refractivity contribution < 1.29 is 14.3 Å². The number of rotatable bonds is 2. The fourth-order valence-corrected chi connectivity index (χ4v) is 1.19. The molecule has 1 heterocycles. The van der Waals surface area contributed by atoms with Gasteiger partial charge in [0.2, 0.25) is 0 Å². The van der Waals surface area contributed by atoms with Gasteiger partial charge in [0.1, 0.15) is 5.82 Å². The summed E-state index contributed by atoms with van der Waals surface area (Å²) < 4.78 is 12.9. The zero-order valence-corrected chi connectivity index (χ0v) is 8.39. The summed E-state index contributed by atoms with van der Waals surface area (Å²) in [7, 11) is 0. The van der Waals surface area contributed by atoms with Crippen LogP contribution in [0.15, 0.2) is 18.2 Å². The number of aromatic carboxylic acids is 1. The van der Waals surface area contributed by atoms with Gasteiger partial charge in [-0.2, -0.15) is 0 Å². The van der Waals surface area contributed by atoms with Crippen LogP contribution in [-0.2, 0) is 0 Å². The lowest BCUT2D eigenvalue weighted by atomic mass is 10.3. The zero-order chi connectivity index (χ0) is 11.7. The van der Waals surface area contributed by atoms with Gasteiger partial charge in [0, 0.05) is 0 Å². The van der Waals surface area contributed by atoms with Crippen LogP contribution in [0.4, 0.5) is 4.39 Å². The van der Waals surface area contributed by atoms with Gasteiger partial charge in [-0.25, -0.2) is 9.18 Å². The minimum absolute atomic E-state index is 0.105. The third kappa shape index (κ3) is 1.84. The Morgan fingerprint density at radius 3 is 2.81 bits per heavy atom.